The Morgan fingerprint density at radius 2 is 2.00 bits per heavy atom. The van der Waals surface area contributed by atoms with Crippen molar-refractivity contribution in [2.45, 2.75) is 39.5 Å². The molecule has 0 spiro atoms. The van der Waals surface area contributed by atoms with Crippen molar-refractivity contribution in [1.29, 1.82) is 0 Å². The van der Waals surface area contributed by atoms with Gasteiger partial charge in [-0.1, -0.05) is 6.92 Å². The van der Waals surface area contributed by atoms with Gasteiger partial charge in [-0.2, -0.15) is 0 Å². The zero-order valence-corrected chi connectivity index (χ0v) is 11.7. The van der Waals surface area contributed by atoms with E-state index < -0.39 is 0 Å². The topological polar surface area (TPSA) is 16.1 Å². The summed E-state index contributed by atoms with van der Waals surface area (Å²) in [7, 11) is 0. The van der Waals surface area contributed by atoms with Crippen LogP contribution in [0.5, 0.6) is 0 Å². The van der Waals surface area contributed by atoms with Crippen molar-refractivity contribution in [2.75, 3.05) is 18.0 Å². The van der Waals surface area contributed by atoms with Gasteiger partial charge in [0.1, 0.15) is 5.82 Å². The van der Waals surface area contributed by atoms with Gasteiger partial charge in [0.25, 0.3) is 0 Å². The molecule has 1 saturated heterocycles. The first-order chi connectivity index (χ1) is 8.11. The second kappa shape index (κ2) is 5.26. The molecule has 0 aromatic carbocycles. The molecule has 0 unspecified atom stereocenters. The molecule has 1 aliphatic heterocycles. The molecule has 1 aromatic heterocycles. The number of halogens is 1. The van der Waals surface area contributed by atoms with Gasteiger partial charge in [0.15, 0.2) is 0 Å². The van der Waals surface area contributed by atoms with E-state index in [2.05, 4.69) is 31.7 Å². The molecule has 0 radical (unpaired) electrons. The average molecular weight is 253 g/mol. The molecule has 1 fully saturated rings. The summed E-state index contributed by atoms with van der Waals surface area (Å²) in [6, 6.07) is 2.12. The van der Waals surface area contributed by atoms with Crippen LogP contribution in [-0.2, 0) is 5.88 Å². The number of rotatable bonds is 2. The van der Waals surface area contributed by atoms with Crippen molar-refractivity contribution in [2.24, 2.45) is 5.92 Å². The third kappa shape index (κ3) is 2.74. The maximum atomic E-state index is 6.07. The van der Waals surface area contributed by atoms with E-state index in [0.717, 1.165) is 30.5 Å². The highest BCUT2D eigenvalue weighted by atomic mass is 35.5. The maximum Gasteiger partial charge on any atom is 0.133 e. The van der Waals surface area contributed by atoms with E-state index in [1.165, 1.54) is 24.0 Å². The third-order valence-electron chi connectivity index (χ3n) is 3.67. The van der Waals surface area contributed by atoms with Crippen LogP contribution in [0, 0.1) is 19.8 Å². The summed E-state index contributed by atoms with van der Waals surface area (Å²) in [6.07, 6.45) is 2.52. The minimum atomic E-state index is 0.556. The first kappa shape index (κ1) is 12.7. The van der Waals surface area contributed by atoms with Crippen LogP contribution in [0.2, 0.25) is 0 Å². The highest BCUT2D eigenvalue weighted by Crippen LogP contribution is 2.28. The fourth-order valence-electron chi connectivity index (χ4n) is 2.49. The van der Waals surface area contributed by atoms with Gasteiger partial charge < -0.3 is 4.90 Å². The summed E-state index contributed by atoms with van der Waals surface area (Å²) in [6.45, 7) is 8.74. The van der Waals surface area contributed by atoms with E-state index in [-0.39, 0.29) is 0 Å². The molecule has 94 valence electrons. The van der Waals surface area contributed by atoms with Crippen LogP contribution >= 0.6 is 11.6 Å². The Hall–Kier alpha value is -0.760. The molecule has 17 heavy (non-hydrogen) atoms. The van der Waals surface area contributed by atoms with Gasteiger partial charge in [0.05, 0.1) is 5.88 Å². The van der Waals surface area contributed by atoms with E-state index >= 15 is 0 Å². The number of aryl methyl sites for hydroxylation is 2. The van der Waals surface area contributed by atoms with Crippen molar-refractivity contribution in [3.8, 4) is 0 Å². The van der Waals surface area contributed by atoms with Crippen molar-refractivity contribution in [1.82, 2.24) is 4.98 Å². The zero-order chi connectivity index (χ0) is 12.4. The van der Waals surface area contributed by atoms with Gasteiger partial charge in [0.2, 0.25) is 0 Å². The van der Waals surface area contributed by atoms with E-state index in [0.29, 0.717) is 5.88 Å². The highest BCUT2D eigenvalue weighted by molar-refractivity contribution is 6.17. The summed E-state index contributed by atoms with van der Waals surface area (Å²) >= 11 is 6.07. The minimum Gasteiger partial charge on any atom is -0.356 e. The fourth-order valence-corrected chi connectivity index (χ4v) is 2.82. The minimum absolute atomic E-state index is 0.556. The van der Waals surface area contributed by atoms with Crippen molar-refractivity contribution >= 4 is 17.4 Å². The van der Waals surface area contributed by atoms with Gasteiger partial charge in [-0.05, 0) is 44.2 Å². The first-order valence-electron chi connectivity index (χ1n) is 6.40. The normalized spacial score (nSPS) is 17.5. The Labute approximate surface area is 109 Å². The molecule has 0 saturated carbocycles. The Bertz CT molecular complexity index is 395. The molecule has 2 nitrogen and oxygen atoms in total. The molecule has 0 N–H and O–H groups in total. The number of anilines is 1. The Morgan fingerprint density at radius 3 is 2.59 bits per heavy atom. The molecule has 0 aliphatic carbocycles. The second-order valence-electron chi connectivity index (χ2n) is 5.19. The Kier molecular flexibility index (Phi) is 3.93. The number of alkyl halides is 1. The fraction of sp³-hybridized carbons (Fsp3) is 0.643. The molecule has 3 heteroatoms. The van der Waals surface area contributed by atoms with Crippen LogP contribution in [0.3, 0.4) is 0 Å². The molecule has 1 aliphatic rings. The van der Waals surface area contributed by atoms with Crippen LogP contribution in [-0.4, -0.2) is 18.1 Å². The maximum absolute atomic E-state index is 6.07. The van der Waals surface area contributed by atoms with E-state index in [9.17, 15) is 0 Å². The molecule has 2 rings (SSSR count). The monoisotopic (exact) mass is 252 g/mol. The predicted octanol–water partition coefficient (Wildman–Crippen LogP) is 3.67. The molecular weight excluding hydrogens is 232 g/mol. The largest absolute Gasteiger partial charge is 0.356 e. The molecule has 0 bridgehead atoms. The van der Waals surface area contributed by atoms with Crippen molar-refractivity contribution in [3.05, 3.63) is 22.9 Å². The van der Waals surface area contributed by atoms with E-state index in [1.807, 2.05) is 0 Å². The third-order valence-corrected chi connectivity index (χ3v) is 3.94. The van der Waals surface area contributed by atoms with Gasteiger partial charge >= 0.3 is 0 Å². The SMILES string of the molecule is Cc1cc(C)c(CCl)c(N2CCC(C)CC2)n1. The van der Waals surface area contributed by atoms with Gasteiger partial charge in [-0.15, -0.1) is 11.6 Å². The molecular formula is C14H21ClN2. The lowest BCUT2D eigenvalue weighted by Gasteiger charge is -2.33. The van der Waals surface area contributed by atoms with E-state index in [1.54, 1.807) is 0 Å². The molecule has 1 aromatic rings. The van der Waals surface area contributed by atoms with Crippen LogP contribution in [0.4, 0.5) is 5.82 Å². The Balaban J connectivity index is 2.30. The van der Waals surface area contributed by atoms with Crippen LogP contribution < -0.4 is 4.90 Å². The first-order valence-corrected chi connectivity index (χ1v) is 6.93. The van der Waals surface area contributed by atoms with Crippen LogP contribution in [0.25, 0.3) is 0 Å². The second-order valence-corrected chi connectivity index (χ2v) is 5.45. The number of nitrogens with zero attached hydrogens (tertiary/aromatic N) is 2. The summed E-state index contributed by atoms with van der Waals surface area (Å²) in [4.78, 5) is 7.10. The summed E-state index contributed by atoms with van der Waals surface area (Å²) in [5, 5.41) is 0. The average Bonchev–Trinajstić information content (AvgIpc) is 2.29. The zero-order valence-electron chi connectivity index (χ0n) is 11.0. The van der Waals surface area contributed by atoms with Crippen molar-refractivity contribution < 1.29 is 0 Å². The number of hydrogen-bond acceptors (Lipinski definition) is 2. The quantitative estimate of drug-likeness (QED) is 0.747. The number of hydrogen-bond donors (Lipinski definition) is 0. The van der Waals surface area contributed by atoms with Crippen molar-refractivity contribution in [3.63, 3.8) is 0 Å². The molecule has 0 amide bonds. The van der Waals surface area contributed by atoms with E-state index in [4.69, 9.17) is 16.6 Å². The van der Waals surface area contributed by atoms with Gasteiger partial charge in [0, 0.05) is 24.3 Å². The van der Waals surface area contributed by atoms with Gasteiger partial charge in [-0.3, -0.25) is 0 Å². The number of aromatic nitrogens is 1. The smallest absolute Gasteiger partial charge is 0.133 e. The lowest BCUT2D eigenvalue weighted by atomic mass is 9.98. The predicted molar refractivity (Wildman–Crippen MR) is 73.9 cm³/mol. The lowest BCUT2D eigenvalue weighted by molar-refractivity contribution is 0.436. The molecule has 2 heterocycles. The number of pyridine rings is 1. The standard InChI is InChI=1S/C14H21ClN2/c1-10-4-6-17(7-5-10)14-13(9-15)11(2)8-12(3)16-14/h8,10H,4-7,9H2,1-3H3. The highest BCUT2D eigenvalue weighted by Gasteiger charge is 2.20. The lowest BCUT2D eigenvalue weighted by Crippen LogP contribution is -2.34. The van der Waals surface area contributed by atoms with Gasteiger partial charge in [-0.25, -0.2) is 4.98 Å². The summed E-state index contributed by atoms with van der Waals surface area (Å²) < 4.78 is 0. The summed E-state index contributed by atoms with van der Waals surface area (Å²) in [5.41, 5.74) is 3.55. The van der Waals surface area contributed by atoms with Crippen LogP contribution in [0.1, 0.15) is 36.6 Å². The number of piperidine rings is 1. The summed E-state index contributed by atoms with van der Waals surface area (Å²) in [5.74, 6) is 2.52. The Morgan fingerprint density at radius 1 is 1.35 bits per heavy atom. The van der Waals surface area contributed by atoms with Crippen LogP contribution in [0.15, 0.2) is 6.07 Å². The molecule has 0 atom stereocenters.